The molecule has 0 aliphatic heterocycles. The first-order valence-electron chi connectivity index (χ1n) is 7.79. The molecule has 4 aromatic rings. The van der Waals surface area contributed by atoms with Crippen molar-refractivity contribution in [2.45, 2.75) is 0 Å². The van der Waals surface area contributed by atoms with Gasteiger partial charge in [-0.05, 0) is 34.7 Å². The van der Waals surface area contributed by atoms with E-state index in [1.54, 1.807) is 12.4 Å². The van der Waals surface area contributed by atoms with E-state index in [1.807, 2.05) is 36.4 Å². The smallest absolute Gasteiger partial charge is 0.172 e. The molecule has 0 fully saturated rings. The summed E-state index contributed by atoms with van der Waals surface area (Å²) in [6.07, 6.45) is 6.23. The molecule has 0 atom stereocenters. The fraction of sp³-hybridized carbons (Fsp3) is 0. The Kier molecular flexibility index (Phi) is 7.44. The Bertz CT molecular complexity index is 842. The lowest BCUT2D eigenvalue weighted by Crippen LogP contribution is -2.00. The number of rotatable bonds is 1. The normalized spacial score (nSPS) is 9.29. The van der Waals surface area contributed by atoms with Crippen LogP contribution in [0.5, 0.6) is 0 Å². The van der Waals surface area contributed by atoms with E-state index in [-0.39, 0.29) is 11.6 Å². The number of nitrogens with two attached hydrogens (primary N) is 4. The summed E-state index contributed by atoms with van der Waals surface area (Å²) in [7, 11) is 0. The molecule has 8 N–H and O–H groups in total. The van der Waals surface area contributed by atoms with Crippen molar-refractivity contribution in [3.8, 4) is 11.4 Å². The molecule has 0 unspecified atom stereocenters. The van der Waals surface area contributed by atoms with Crippen LogP contribution in [-0.4, -0.2) is 40.8 Å². The molecule has 0 amide bonds. The third-order valence-electron chi connectivity index (χ3n) is 2.99. The van der Waals surface area contributed by atoms with Gasteiger partial charge in [0.1, 0.15) is 0 Å². The number of hydrogen-bond donors (Lipinski definition) is 4. The number of nitrogen functional groups attached to an aromatic ring is 4. The Hall–Kier alpha value is -4.48. The first-order chi connectivity index (χ1) is 13.6. The molecule has 0 spiro atoms. The van der Waals surface area contributed by atoms with Crippen molar-refractivity contribution in [1.82, 2.24) is 40.8 Å². The summed E-state index contributed by atoms with van der Waals surface area (Å²) in [5.74, 6) is 0.444. The minimum absolute atomic E-state index is 0.222. The second-order valence-electron chi connectivity index (χ2n) is 4.98. The molecule has 4 heterocycles. The SMILES string of the molecule is Nc1cnnnc1N.Nc1cnnnc1N.c1ccc(-c2ccccn2)nc1. The van der Waals surface area contributed by atoms with Gasteiger partial charge in [0.25, 0.3) is 0 Å². The number of aromatic nitrogens is 8. The number of nitrogens with zero attached hydrogens (tertiary/aromatic N) is 8. The van der Waals surface area contributed by atoms with E-state index in [0.29, 0.717) is 11.4 Å². The molecule has 0 radical (unpaired) electrons. The standard InChI is InChI=1S/C10H8N2.2C3H5N5/c1-3-7-11-9(5-1)10-6-2-4-8-12-10;2*4-2-1-6-8-7-3(2)5/h1-8H;2*1H,(H2,4,8)(H2,5,6,7). The van der Waals surface area contributed by atoms with Crippen molar-refractivity contribution in [1.29, 1.82) is 0 Å². The van der Waals surface area contributed by atoms with Crippen molar-refractivity contribution in [3.05, 3.63) is 61.2 Å². The number of anilines is 4. The Morgan fingerprint density at radius 2 is 1.00 bits per heavy atom. The maximum atomic E-state index is 5.23. The van der Waals surface area contributed by atoms with Crippen LogP contribution in [-0.2, 0) is 0 Å². The topological polar surface area (TPSA) is 207 Å². The summed E-state index contributed by atoms with van der Waals surface area (Å²) in [5, 5.41) is 20.0. The Morgan fingerprint density at radius 3 is 1.25 bits per heavy atom. The summed E-state index contributed by atoms with van der Waals surface area (Å²) in [6, 6.07) is 11.6. The van der Waals surface area contributed by atoms with Gasteiger partial charge in [0, 0.05) is 12.4 Å². The van der Waals surface area contributed by atoms with Crippen molar-refractivity contribution in [2.24, 2.45) is 0 Å². The monoisotopic (exact) mass is 378 g/mol. The molecular weight excluding hydrogens is 360 g/mol. The van der Waals surface area contributed by atoms with E-state index in [4.69, 9.17) is 22.9 Å². The molecule has 4 rings (SSSR count). The highest BCUT2D eigenvalue weighted by atomic mass is 15.3. The summed E-state index contributed by atoms with van der Waals surface area (Å²) in [6.45, 7) is 0. The minimum Gasteiger partial charge on any atom is -0.394 e. The van der Waals surface area contributed by atoms with Gasteiger partial charge in [-0.15, -0.1) is 20.4 Å². The Balaban J connectivity index is 0.000000156. The van der Waals surface area contributed by atoms with Crippen LogP contribution in [0.15, 0.2) is 61.2 Å². The lowest BCUT2D eigenvalue weighted by molar-refractivity contribution is 0.876. The van der Waals surface area contributed by atoms with Crippen LogP contribution in [0.25, 0.3) is 11.4 Å². The first kappa shape index (κ1) is 19.8. The zero-order chi connectivity index (χ0) is 20.2. The summed E-state index contributed by atoms with van der Waals surface area (Å²) in [5.41, 5.74) is 23.4. The molecule has 0 saturated heterocycles. The predicted octanol–water partition coefficient (Wildman–Crippen LogP) is 0.216. The Morgan fingerprint density at radius 1 is 0.571 bits per heavy atom. The quantitative estimate of drug-likeness (QED) is 0.350. The Labute approximate surface area is 160 Å². The highest BCUT2D eigenvalue weighted by Gasteiger charge is 1.95. The molecule has 0 aliphatic carbocycles. The summed E-state index contributed by atoms with van der Waals surface area (Å²) in [4.78, 5) is 8.37. The lowest BCUT2D eigenvalue weighted by Gasteiger charge is -1.96. The van der Waals surface area contributed by atoms with Gasteiger partial charge in [0.05, 0.1) is 35.2 Å². The van der Waals surface area contributed by atoms with Gasteiger partial charge < -0.3 is 22.9 Å². The zero-order valence-corrected chi connectivity index (χ0v) is 14.7. The van der Waals surface area contributed by atoms with Crippen LogP contribution >= 0.6 is 0 Å². The van der Waals surface area contributed by atoms with Gasteiger partial charge in [-0.1, -0.05) is 12.1 Å². The second-order valence-corrected chi connectivity index (χ2v) is 4.98. The lowest BCUT2D eigenvalue weighted by atomic mass is 10.2. The molecule has 0 aromatic carbocycles. The molecule has 4 aromatic heterocycles. The third kappa shape index (κ3) is 6.44. The summed E-state index contributed by atoms with van der Waals surface area (Å²) < 4.78 is 0. The van der Waals surface area contributed by atoms with Gasteiger partial charge in [-0.25, -0.2) is 0 Å². The molecule has 28 heavy (non-hydrogen) atoms. The fourth-order valence-electron chi connectivity index (χ4n) is 1.60. The van der Waals surface area contributed by atoms with Crippen molar-refractivity contribution >= 4 is 23.0 Å². The minimum atomic E-state index is 0.222. The fourth-order valence-corrected chi connectivity index (χ4v) is 1.60. The van der Waals surface area contributed by atoms with Crippen molar-refractivity contribution < 1.29 is 0 Å². The number of hydrogen-bond acceptors (Lipinski definition) is 12. The van der Waals surface area contributed by atoms with Crippen LogP contribution in [0.1, 0.15) is 0 Å². The van der Waals surface area contributed by atoms with Gasteiger partial charge in [0.2, 0.25) is 0 Å². The second kappa shape index (κ2) is 10.5. The van der Waals surface area contributed by atoms with Crippen LogP contribution in [0, 0.1) is 0 Å². The van der Waals surface area contributed by atoms with Crippen LogP contribution in [0.4, 0.5) is 23.0 Å². The average molecular weight is 378 g/mol. The van der Waals surface area contributed by atoms with E-state index >= 15 is 0 Å². The molecule has 0 bridgehead atoms. The van der Waals surface area contributed by atoms with E-state index in [9.17, 15) is 0 Å². The van der Waals surface area contributed by atoms with Crippen LogP contribution in [0.3, 0.4) is 0 Å². The zero-order valence-electron chi connectivity index (χ0n) is 14.7. The average Bonchev–Trinajstić information content (AvgIpc) is 2.75. The van der Waals surface area contributed by atoms with Gasteiger partial charge >= 0.3 is 0 Å². The van der Waals surface area contributed by atoms with E-state index in [1.165, 1.54) is 12.4 Å². The molecule has 142 valence electrons. The molecule has 0 aliphatic rings. The van der Waals surface area contributed by atoms with Crippen LogP contribution < -0.4 is 22.9 Å². The predicted molar refractivity (Wildman–Crippen MR) is 105 cm³/mol. The van der Waals surface area contributed by atoms with E-state index in [0.717, 1.165) is 11.4 Å². The van der Waals surface area contributed by atoms with E-state index in [2.05, 4.69) is 40.8 Å². The first-order valence-corrected chi connectivity index (χ1v) is 7.79. The third-order valence-corrected chi connectivity index (χ3v) is 2.99. The molecule has 12 heteroatoms. The maximum Gasteiger partial charge on any atom is 0.172 e. The van der Waals surface area contributed by atoms with Gasteiger partial charge in [0.15, 0.2) is 11.6 Å². The molecule has 12 nitrogen and oxygen atoms in total. The van der Waals surface area contributed by atoms with Gasteiger partial charge in [-0.2, -0.15) is 0 Å². The van der Waals surface area contributed by atoms with Crippen LogP contribution in [0.2, 0.25) is 0 Å². The largest absolute Gasteiger partial charge is 0.394 e. The van der Waals surface area contributed by atoms with E-state index < -0.39 is 0 Å². The van der Waals surface area contributed by atoms with Gasteiger partial charge in [-0.3, -0.25) is 9.97 Å². The molecule has 0 saturated carbocycles. The summed E-state index contributed by atoms with van der Waals surface area (Å²) >= 11 is 0. The number of pyridine rings is 2. The molecular formula is C16H18N12. The maximum absolute atomic E-state index is 5.23. The van der Waals surface area contributed by atoms with Crippen molar-refractivity contribution in [3.63, 3.8) is 0 Å². The van der Waals surface area contributed by atoms with Crippen molar-refractivity contribution in [2.75, 3.05) is 22.9 Å². The highest BCUT2D eigenvalue weighted by molar-refractivity contribution is 5.55. The highest BCUT2D eigenvalue weighted by Crippen LogP contribution is 2.10.